The van der Waals surface area contributed by atoms with E-state index in [1.165, 1.54) is 14.2 Å². The lowest BCUT2D eigenvalue weighted by Crippen LogP contribution is -2.13. The van der Waals surface area contributed by atoms with Gasteiger partial charge in [0.25, 0.3) is 0 Å². The standard InChI is InChI=1S/C22H24N6O5S/c1-6-33-17-12-7-9-14(24-17)21-26-20-22(25-19(13(2)23-20)27-34(5,29)30)28(21)18-15(31-3)10-8-11-16(18)32-4/h7-12H,6H2,1-5H3,(H,25,27). The maximum atomic E-state index is 11.9. The summed E-state index contributed by atoms with van der Waals surface area (Å²) in [7, 11) is -0.511. The van der Waals surface area contributed by atoms with Crippen molar-refractivity contribution in [2.45, 2.75) is 13.8 Å². The summed E-state index contributed by atoms with van der Waals surface area (Å²) in [5, 5.41) is 0. The van der Waals surface area contributed by atoms with Crippen molar-refractivity contribution < 1.29 is 22.6 Å². The van der Waals surface area contributed by atoms with Crippen molar-refractivity contribution in [2.24, 2.45) is 0 Å². The summed E-state index contributed by atoms with van der Waals surface area (Å²) in [6.45, 7) is 3.97. The number of methoxy groups -OCH3 is 2. The van der Waals surface area contributed by atoms with Crippen LogP contribution in [0.15, 0.2) is 36.4 Å². The number of nitrogens with zero attached hydrogens (tertiary/aromatic N) is 5. The molecule has 0 fully saturated rings. The highest BCUT2D eigenvalue weighted by atomic mass is 32.2. The molecule has 1 aromatic carbocycles. The number of sulfonamides is 1. The van der Waals surface area contributed by atoms with Gasteiger partial charge in [-0.05, 0) is 32.0 Å². The SMILES string of the molecule is CCOc1cccc(-c2nc3nc(C)c(NS(C)(=O)=O)nc3n2-c2c(OC)cccc2OC)n1. The number of rotatable bonds is 8. The van der Waals surface area contributed by atoms with Crippen molar-refractivity contribution in [1.82, 2.24) is 24.5 Å². The van der Waals surface area contributed by atoms with E-state index < -0.39 is 10.0 Å². The molecule has 11 nitrogen and oxygen atoms in total. The van der Waals surface area contributed by atoms with Crippen molar-refractivity contribution in [3.63, 3.8) is 0 Å². The number of fused-ring (bicyclic) bond motifs is 1. The molecule has 0 amide bonds. The van der Waals surface area contributed by atoms with Gasteiger partial charge in [-0.3, -0.25) is 9.29 Å². The molecule has 0 spiro atoms. The molecule has 0 aliphatic rings. The molecule has 0 unspecified atom stereocenters. The summed E-state index contributed by atoms with van der Waals surface area (Å²) in [6, 6.07) is 10.7. The number of imidazole rings is 1. The highest BCUT2D eigenvalue weighted by Crippen LogP contribution is 2.38. The van der Waals surface area contributed by atoms with E-state index in [1.54, 1.807) is 47.9 Å². The normalized spacial score (nSPS) is 11.4. The molecule has 0 aliphatic heterocycles. The Morgan fingerprint density at radius 1 is 0.971 bits per heavy atom. The quantitative estimate of drug-likeness (QED) is 0.401. The molecule has 3 aromatic heterocycles. The molecule has 4 aromatic rings. The Morgan fingerprint density at radius 3 is 2.26 bits per heavy atom. The minimum atomic E-state index is -3.59. The first-order chi connectivity index (χ1) is 16.3. The Morgan fingerprint density at radius 2 is 1.65 bits per heavy atom. The number of para-hydroxylation sites is 1. The second-order valence-electron chi connectivity index (χ2n) is 7.26. The van der Waals surface area contributed by atoms with Crippen molar-refractivity contribution in [3.05, 3.63) is 42.1 Å². The first-order valence-electron chi connectivity index (χ1n) is 10.3. The van der Waals surface area contributed by atoms with E-state index in [1.807, 2.05) is 6.92 Å². The predicted octanol–water partition coefficient (Wildman–Crippen LogP) is 2.97. The molecule has 12 heteroatoms. The third-order valence-corrected chi connectivity index (χ3v) is 5.39. The van der Waals surface area contributed by atoms with Gasteiger partial charge in [-0.2, -0.15) is 0 Å². The minimum absolute atomic E-state index is 0.0904. The first-order valence-corrected chi connectivity index (χ1v) is 12.2. The van der Waals surface area contributed by atoms with E-state index in [0.29, 0.717) is 52.5 Å². The van der Waals surface area contributed by atoms with E-state index >= 15 is 0 Å². The van der Waals surface area contributed by atoms with Crippen LogP contribution in [0.3, 0.4) is 0 Å². The lowest BCUT2D eigenvalue weighted by molar-refractivity contribution is 0.327. The van der Waals surface area contributed by atoms with Crippen LogP contribution in [-0.4, -0.2) is 60.0 Å². The fourth-order valence-corrected chi connectivity index (χ4v) is 3.99. The van der Waals surface area contributed by atoms with E-state index in [0.717, 1.165) is 6.26 Å². The average molecular weight is 485 g/mol. The van der Waals surface area contributed by atoms with Gasteiger partial charge in [-0.15, -0.1) is 0 Å². The van der Waals surface area contributed by atoms with E-state index in [2.05, 4.69) is 19.7 Å². The third-order valence-electron chi connectivity index (χ3n) is 4.82. The zero-order valence-electron chi connectivity index (χ0n) is 19.4. The average Bonchev–Trinajstić information content (AvgIpc) is 3.15. The van der Waals surface area contributed by atoms with E-state index in [9.17, 15) is 8.42 Å². The van der Waals surface area contributed by atoms with Crippen LogP contribution in [0.1, 0.15) is 12.6 Å². The molecule has 1 N–H and O–H groups in total. The van der Waals surface area contributed by atoms with Crippen molar-refractivity contribution >= 4 is 27.1 Å². The lowest BCUT2D eigenvalue weighted by atomic mass is 10.2. The van der Waals surface area contributed by atoms with Crippen LogP contribution in [0.25, 0.3) is 28.5 Å². The second-order valence-corrected chi connectivity index (χ2v) is 9.00. The highest BCUT2D eigenvalue weighted by molar-refractivity contribution is 7.92. The number of nitrogens with one attached hydrogen (secondary N) is 1. The number of aromatic nitrogens is 5. The summed E-state index contributed by atoms with van der Waals surface area (Å²) in [5.41, 5.74) is 1.96. The highest BCUT2D eigenvalue weighted by Gasteiger charge is 2.25. The maximum Gasteiger partial charge on any atom is 0.231 e. The topological polar surface area (TPSA) is 130 Å². The number of hydrogen-bond donors (Lipinski definition) is 1. The van der Waals surface area contributed by atoms with Gasteiger partial charge in [0.05, 0.1) is 32.8 Å². The number of benzene rings is 1. The summed E-state index contributed by atoms with van der Waals surface area (Å²) < 4.78 is 44.7. The van der Waals surface area contributed by atoms with Crippen molar-refractivity contribution in [1.29, 1.82) is 0 Å². The van der Waals surface area contributed by atoms with Crippen LogP contribution in [0.2, 0.25) is 0 Å². The zero-order valence-corrected chi connectivity index (χ0v) is 20.2. The molecule has 0 atom stereocenters. The van der Waals surface area contributed by atoms with Crippen LogP contribution in [0.5, 0.6) is 17.4 Å². The summed E-state index contributed by atoms with van der Waals surface area (Å²) in [6.07, 6.45) is 1.05. The minimum Gasteiger partial charge on any atom is -0.494 e. The van der Waals surface area contributed by atoms with Crippen LogP contribution in [-0.2, 0) is 10.0 Å². The lowest BCUT2D eigenvalue weighted by Gasteiger charge is -2.16. The molecule has 0 bridgehead atoms. The van der Waals surface area contributed by atoms with Crippen molar-refractivity contribution in [2.75, 3.05) is 31.8 Å². The summed E-state index contributed by atoms with van der Waals surface area (Å²) in [5.74, 6) is 1.90. The van der Waals surface area contributed by atoms with Crippen LogP contribution >= 0.6 is 0 Å². The number of anilines is 1. The van der Waals surface area contributed by atoms with Gasteiger partial charge >= 0.3 is 0 Å². The molecule has 0 radical (unpaired) electrons. The smallest absolute Gasteiger partial charge is 0.231 e. The van der Waals surface area contributed by atoms with Gasteiger partial charge in [0.2, 0.25) is 15.9 Å². The molecular formula is C22H24N6O5S. The van der Waals surface area contributed by atoms with Crippen LogP contribution < -0.4 is 18.9 Å². The molecule has 0 saturated heterocycles. The molecule has 178 valence electrons. The largest absolute Gasteiger partial charge is 0.494 e. The predicted molar refractivity (Wildman–Crippen MR) is 127 cm³/mol. The molecule has 0 aliphatic carbocycles. The van der Waals surface area contributed by atoms with Crippen molar-refractivity contribution in [3.8, 4) is 34.6 Å². The molecule has 4 rings (SSSR count). The molecular weight excluding hydrogens is 460 g/mol. The summed E-state index contributed by atoms with van der Waals surface area (Å²) >= 11 is 0. The summed E-state index contributed by atoms with van der Waals surface area (Å²) in [4.78, 5) is 18.3. The van der Waals surface area contributed by atoms with Gasteiger partial charge in [-0.25, -0.2) is 28.4 Å². The van der Waals surface area contributed by atoms with Gasteiger partial charge in [0, 0.05) is 6.07 Å². The van der Waals surface area contributed by atoms with Crippen LogP contribution in [0.4, 0.5) is 5.82 Å². The second kappa shape index (κ2) is 9.14. The number of hydrogen-bond acceptors (Lipinski definition) is 9. The zero-order chi connectivity index (χ0) is 24.5. The van der Waals surface area contributed by atoms with E-state index in [4.69, 9.17) is 19.2 Å². The maximum absolute atomic E-state index is 11.9. The Balaban J connectivity index is 2.10. The monoisotopic (exact) mass is 484 g/mol. The Labute approximate surface area is 196 Å². The molecule has 3 heterocycles. The van der Waals surface area contributed by atoms with Gasteiger partial charge in [-0.1, -0.05) is 12.1 Å². The number of aryl methyl sites for hydroxylation is 1. The molecule has 0 saturated carbocycles. The Bertz CT molecular complexity index is 1450. The Hall–Kier alpha value is -3.93. The molecule has 34 heavy (non-hydrogen) atoms. The van der Waals surface area contributed by atoms with E-state index in [-0.39, 0.29) is 11.5 Å². The van der Waals surface area contributed by atoms with Gasteiger partial charge < -0.3 is 14.2 Å². The fraction of sp³-hybridized carbons (Fsp3) is 0.273. The fourth-order valence-electron chi connectivity index (χ4n) is 3.45. The Kier molecular flexibility index (Phi) is 6.24. The van der Waals surface area contributed by atoms with Gasteiger partial charge in [0.1, 0.15) is 22.9 Å². The van der Waals surface area contributed by atoms with Gasteiger partial charge in [0.15, 0.2) is 22.9 Å². The van der Waals surface area contributed by atoms with Crippen LogP contribution in [0, 0.1) is 6.92 Å². The number of ether oxygens (including phenoxy) is 3. The number of pyridine rings is 1. The first kappa shape index (κ1) is 23.2. The third kappa shape index (κ3) is 4.44.